The zero-order valence-electron chi connectivity index (χ0n) is 13.7. The van der Waals surface area contributed by atoms with Gasteiger partial charge >= 0.3 is 0 Å². The van der Waals surface area contributed by atoms with Crippen molar-refractivity contribution in [3.63, 3.8) is 0 Å². The Hall–Kier alpha value is -0.120. The van der Waals surface area contributed by atoms with E-state index in [0.29, 0.717) is 11.3 Å². The summed E-state index contributed by atoms with van der Waals surface area (Å²) in [6.45, 7) is 9.25. The van der Waals surface area contributed by atoms with Gasteiger partial charge in [0.25, 0.3) is 0 Å². The molecule has 3 rings (SSSR count). The highest BCUT2D eigenvalue weighted by Gasteiger charge is 2.45. The normalized spacial score (nSPS) is 43.3. The van der Waals surface area contributed by atoms with Crippen LogP contribution < -0.4 is 10.6 Å². The van der Waals surface area contributed by atoms with Crippen molar-refractivity contribution in [2.24, 2.45) is 0 Å². The minimum atomic E-state index is -2.23. The van der Waals surface area contributed by atoms with Gasteiger partial charge in [-0.05, 0) is 42.3 Å². The Morgan fingerprint density at radius 2 is 1.43 bits per heavy atom. The minimum absolute atomic E-state index is 0.142. The molecule has 3 heteroatoms. The van der Waals surface area contributed by atoms with Gasteiger partial charge in [-0.2, -0.15) is 0 Å². The Labute approximate surface area is 131 Å². The fourth-order valence-electron chi connectivity index (χ4n) is 4.42. The van der Waals surface area contributed by atoms with Crippen molar-refractivity contribution >= 4 is 25.7 Å². The molecule has 2 aliphatic rings. The first-order valence-corrected chi connectivity index (χ1v) is 11.8. The van der Waals surface area contributed by atoms with Gasteiger partial charge in [-0.25, -0.2) is 0 Å². The van der Waals surface area contributed by atoms with Crippen LogP contribution in [0.5, 0.6) is 0 Å². The summed E-state index contributed by atoms with van der Waals surface area (Å²) in [6.07, 6.45) is 4.96. The Morgan fingerprint density at radius 3 is 2.00 bits per heavy atom. The lowest BCUT2D eigenvalue weighted by atomic mass is 10.2. The third-order valence-electron chi connectivity index (χ3n) is 5.80. The lowest BCUT2D eigenvalue weighted by Crippen LogP contribution is -2.30. The Kier molecular flexibility index (Phi) is 4.37. The second-order valence-electron chi connectivity index (χ2n) is 7.16. The molecule has 4 atom stereocenters. The summed E-state index contributed by atoms with van der Waals surface area (Å²) in [7, 11) is -2.37. The van der Waals surface area contributed by atoms with E-state index < -0.39 is 7.14 Å². The maximum atomic E-state index is 13.9. The molecule has 0 N–H and O–H groups in total. The van der Waals surface area contributed by atoms with E-state index in [0.717, 1.165) is 24.2 Å². The third-order valence-corrected chi connectivity index (χ3v) is 13.6. The van der Waals surface area contributed by atoms with E-state index in [-0.39, 0.29) is 7.92 Å². The first-order valence-electron chi connectivity index (χ1n) is 8.43. The van der Waals surface area contributed by atoms with Gasteiger partial charge in [-0.15, -0.1) is 0 Å². The van der Waals surface area contributed by atoms with E-state index in [1.165, 1.54) is 23.5 Å². The van der Waals surface area contributed by atoms with Crippen LogP contribution in [-0.2, 0) is 4.57 Å². The molecule has 0 spiro atoms. The summed E-state index contributed by atoms with van der Waals surface area (Å²) in [5, 5.41) is 2.74. The monoisotopic (exact) mass is 322 g/mol. The molecule has 2 fully saturated rings. The molecule has 4 unspecified atom stereocenters. The van der Waals surface area contributed by atoms with Crippen LogP contribution in [0, 0.1) is 0 Å². The zero-order valence-corrected chi connectivity index (χ0v) is 15.5. The zero-order chi connectivity index (χ0) is 15.2. The average Bonchev–Trinajstić information content (AvgIpc) is 2.94. The van der Waals surface area contributed by atoms with Crippen molar-refractivity contribution in [1.29, 1.82) is 0 Å². The highest BCUT2D eigenvalue weighted by atomic mass is 31.2. The third kappa shape index (κ3) is 2.46. The topological polar surface area (TPSA) is 17.1 Å². The van der Waals surface area contributed by atoms with Gasteiger partial charge in [-0.3, -0.25) is 0 Å². The summed E-state index contributed by atoms with van der Waals surface area (Å²) < 4.78 is 13.9. The summed E-state index contributed by atoms with van der Waals surface area (Å²) in [6, 6.07) is 8.78. The van der Waals surface area contributed by atoms with Crippen molar-refractivity contribution in [2.45, 2.75) is 76.0 Å². The number of hydrogen-bond donors (Lipinski definition) is 0. The van der Waals surface area contributed by atoms with Gasteiger partial charge in [0.2, 0.25) is 0 Å². The van der Waals surface area contributed by atoms with Crippen molar-refractivity contribution in [1.82, 2.24) is 0 Å². The molecule has 0 bridgehead atoms. The molecule has 2 aliphatic heterocycles. The molecule has 1 nitrogen and oxygen atoms in total. The van der Waals surface area contributed by atoms with Crippen molar-refractivity contribution < 1.29 is 4.57 Å². The van der Waals surface area contributed by atoms with Crippen molar-refractivity contribution in [2.75, 3.05) is 0 Å². The van der Waals surface area contributed by atoms with E-state index in [2.05, 4.69) is 52.0 Å². The van der Waals surface area contributed by atoms with Crippen LogP contribution in [0.3, 0.4) is 0 Å². The fraction of sp³-hybridized carbons (Fsp3) is 0.667. The van der Waals surface area contributed by atoms with Crippen LogP contribution in [0.25, 0.3) is 0 Å². The first-order chi connectivity index (χ1) is 9.96. The summed E-state index contributed by atoms with van der Waals surface area (Å²) in [5.41, 5.74) is 2.32. The quantitative estimate of drug-likeness (QED) is 0.706. The molecule has 0 aromatic heterocycles. The fourth-order valence-corrected chi connectivity index (χ4v) is 12.1. The molecule has 2 heterocycles. The lowest BCUT2D eigenvalue weighted by Gasteiger charge is -2.30. The molecular formula is C18H28OP2. The molecule has 1 aromatic carbocycles. The molecule has 0 amide bonds. The van der Waals surface area contributed by atoms with Crippen LogP contribution in [0.1, 0.15) is 53.4 Å². The molecule has 0 aliphatic carbocycles. The maximum absolute atomic E-state index is 13.9. The molecule has 21 heavy (non-hydrogen) atoms. The molecule has 0 radical (unpaired) electrons. The van der Waals surface area contributed by atoms with Gasteiger partial charge in [0.1, 0.15) is 7.14 Å². The second-order valence-corrected chi connectivity index (χ2v) is 13.9. The second kappa shape index (κ2) is 5.82. The average molecular weight is 322 g/mol. The van der Waals surface area contributed by atoms with Crippen LogP contribution in [0.4, 0.5) is 0 Å². The van der Waals surface area contributed by atoms with Gasteiger partial charge in [0.05, 0.1) is 0 Å². The van der Waals surface area contributed by atoms with E-state index >= 15 is 0 Å². The van der Waals surface area contributed by atoms with Crippen LogP contribution in [0.15, 0.2) is 24.3 Å². The van der Waals surface area contributed by atoms with Gasteiger partial charge < -0.3 is 4.57 Å². The van der Waals surface area contributed by atoms with Gasteiger partial charge in [-0.1, -0.05) is 59.9 Å². The van der Waals surface area contributed by atoms with E-state index in [1.54, 1.807) is 0 Å². The Morgan fingerprint density at radius 1 is 0.905 bits per heavy atom. The minimum Gasteiger partial charge on any atom is -0.318 e. The highest BCUT2D eigenvalue weighted by molar-refractivity contribution is 7.77. The van der Waals surface area contributed by atoms with Crippen LogP contribution in [0.2, 0.25) is 0 Å². The van der Waals surface area contributed by atoms with Crippen molar-refractivity contribution in [3.8, 4) is 0 Å². The smallest absolute Gasteiger partial charge is 0.121 e. The molecule has 2 saturated heterocycles. The summed E-state index contributed by atoms with van der Waals surface area (Å²) in [5.74, 6) is 0. The highest BCUT2D eigenvalue weighted by Crippen LogP contribution is 2.63. The number of rotatable bonds is 2. The summed E-state index contributed by atoms with van der Waals surface area (Å²) in [4.78, 5) is 0. The van der Waals surface area contributed by atoms with Crippen LogP contribution >= 0.6 is 15.1 Å². The Bertz CT molecular complexity index is 544. The lowest BCUT2D eigenvalue weighted by molar-refractivity contribution is 0.575. The standard InChI is InChI=1S/C18H28OP2/c1-13-9-10-14(2)20(13)17-7-5-6-8-18(17)21(19)15(3)11-12-16(21)4/h5-8,13-16H,9-12H2,1-4H3. The first kappa shape index (κ1) is 15.8. The molecule has 116 valence electrons. The molecular weight excluding hydrogens is 294 g/mol. The van der Waals surface area contributed by atoms with E-state index in [9.17, 15) is 4.57 Å². The summed E-state index contributed by atoms with van der Waals surface area (Å²) >= 11 is 0. The Balaban J connectivity index is 2.11. The van der Waals surface area contributed by atoms with Crippen molar-refractivity contribution in [3.05, 3.63) is 24.3 Å². The number of hydrogen-bond acceptors (Lipinski definition) is 1. The molecule has 1 aromatic rings. The van der Waals surface area contributed by atoms with E-state index in [4.69, 9.17) is 0 Å². The SMILES string of the molecule is CC1CCC(C)P1c1ccccc1P1(=O)C(C)CCC1C. The number of benzene rings is 1. The maximum Gasteiger partial charge on any atom is 0.121 e. The van der Waals surface area contributed by atoms with Gasteiger partial charge in [0.15, 0.2) is 0 Å². The predicted octanol–water partition coefficient (Wildman–Crippen LogP) is 4.92. The van der Waals surface area contributed by atoms with E-state index in [1.807, 2.05) is 0 Å². The largest absolute Gasteiger partial charge is 0.318 e. The van der Waals surface area contributed by atoms with Crippen LogP contribution in [-0.4, -0.2) is 22.6 Å². The van der Waals surface area contributed by atoms with Gasteiger partial charge in [0, 0.05) is 16.6 Å². The molecule has 0 saturated carbocycles. The predicted molar refractivity (Wildman–Crippen MR) is 96.6 cm³/mol.